The molecule has 1 heterocycles. The quantitative estimate of drug-likeness (QED) is 0.706. The van der Waals surface area contributed by atoms with Crippen LogP contribution in [-0.4, -0.2) is 20.9 Å². The fraction of sp³-hybridized carbons (Fsp3) is 0.444. The van der Waals surface area contributed by atoms with E-state index in [1.807, 2.05) is 36.7 Å². The van der Waals surface area contributed by atoms with Gasteiger partial charge in [0.25, 0.3) is 0 Å². The summed E-state index contributed by atoms with van der Waals surface area (Å²) in [5, 5.41) is 13.3. The lowest BCUT2D eigenvalue weighted by Gasteiger charge is -2.16. The van der Waals surface area contributed by atoms with E-state index in [4.69, 9.17) is 35.4 Å². The lowest BCUT2D eigenvalue weighted by molar-refractivity contribution is 0.634. The fourth-order valence-electron chi connectivity index (χ4n) is 3.27. The number of halogens is 2. The summed E-state index contributed by atoms with van der Waals surface area (Å²) in [4.78, 5) is 0. The molecule has 0 atom stereocenters. The maximum absolute atomic E-state index is 6.29. The van der Waals surface area contributed by atoms with Crippen LogP contribution in [-0.2, 0) is 6.54 Å². The number of aromatic nitrogens is 2. The minimum atomic E-state index is 0.484. The van der Waals surface area contributed by atoms with Crippen LogP contribution in [0.5, 0.6) is 0 Å². The predicted molar refractivity (Wildman–Crippen MR) is 109 cm³/mol. The van der Waals surface area contributed by atoms with Crippen molar-refractivity contribution < 1.29 is 0 Å². The third-order valence-electron chi connectivity index (χ3n) is 4.68. The fourth-order valence-corrected chi connectivity index (χ4v) is 4.06. The second-order valence-electron chi connectivity index (χ2n) is 6.48. The van der Waals surface area contributed by atoms with Crippen molar-refractivity contribution in [1.82, 2.24) is 15.1 Å². The van der Waals surface area contributed by atoms with E-state index in [1.165, 1.54) is 25.7 Å². The number of nitrogens with one attached hydrogen (secondary N) is 2. The summed E-state index contributed by atoms with van der Waals surface area (Å²) in [6.07, 6.45) is 4.91. The van der Waals surface area contributed by atoms with E-state index in [0.29, 0.717) is 27.7 Å². The van der Waals surface area contributed by atoms with E-state index >= 15 is 0 Å². The van der Waals surface area contributed by atoms with Crippen LogP contribution >= 0.6 is 35.4 Å². The summed E-state index contributed by atoms with van der Waals surface area (Å²) in [5.74, 6) is 0. The zero-order chi connectivity index (χ0) is 18.0. The van der Waals surface area contributed by atoms with Crippen molar-refractivity contribution in [1.29, 1.82) is 0 Å². The van der Waals surface area contributed by atoms with Gasteiger partial charge in [0, 0.05) is 21.7 Å². The molecule has 0 spiro atoms. The van der Waals surface area contributed by atoms with Gasteiger partial charge in [-0.15, -0.1) is 0 Å². The molecule has 4 nitrogen and oxygen atoms in total. The molecule has 1 aliphatic carbocycles. The summed E-state index contributed by atoms with van der Waals surface area (Å²) < 4.78 is 1.91. The Bertz CT molecular complexity index is 761. The first kappa shape index (κ1) is 18.5. The number of hydrogen-bond donors (Lipinski definition) is 2. The van der Waals surface area contributed by atoms with Crippen LogP contribution in [0, 0.1) is 13.8 Å². The Kier molecular flexibility index (Phi) is 5.87. The van der Waals surface area contributed by atoms with E-state index in [0.717, 1.165) is 22.6 Å². The molecule has 0 radical (unpaired) electrons. The smallest absolute Gasteiger partial charge is 0.171 e. The Morgan fingerprint density at radius 2 is 1.88 bits per heavy atom. The van der Waals surface area contributed by atoms with E-state index in [1.54, 1.807) is 0 Å². The predicted octanol–water partition coefficient (Wildman–Crippen LogP) is 5.08. The lowest BCUT2D eigenvalue weighted by atomic mass is 10.2. The van der Waals surface area contributed by atoms with Gasteiger partial charge in [-0.1, -0.05) is 42.1 Å². The van der Waals surface area contributed by atoms with E-state index < -0.39 is 0 Å². The summed E-state index contributed by atoms with van der Waals surface area (Å²) >= 11 is 18.0. The van der Waals surface area contributed by atoms with Crippen molar-refractivity contribution >= 4 is 46.2 Å². The molecule has 1 aromatic carbocycles. The molecule has 0 aliphatic heterocycles. The third-order valence-corrected chi connectivity index (χ3v) is 5.61. The Hall–Kier alpha value is -1.30. The molecule has 2 N–H and O–H groups in total. The van der Waals surface area contributed by atoms with Crippen LogP contribution in [0.2, 0.25) is 10.0 Å². The number of rotatable bonds is 4. The van der Waals surface area contributed by atoms with Gasteiger partial charge < -0.3 is 10.6 Å². The van der Waals surface area contributed by atoms with Crippen molar-refractivity contribution in [3.63, 3.8) is 0 Å². The highest BCUT2D eigenvalue weighted by Crippen LogP contribution is 2.27. The standard InChI is InChI=1S/C18H22Cl2N4S/c1-11-17(22-18(25)21-13-6-3-4-7-13)12(2)24(23-11)10-14-15(19)8-5-9-16(14)20/h5,8-9,13H,3-4,6-7,10H2,1-2H3,(H2,21,22,25). The van der Waals surface area contributed by atoms with Crippen LogP contribution in [0.15, 0.2) is 18.2 Å². The van der Waals surface area contributed by atoms with Crippen LogP contribution in [0.4, 0.5) is 5.69 Å². The molecule has 1 aliphatic rings. The molecular formula is C18H22Cl2N4S. The topological polar surface area (TPSA) is 41.9 Å². The number of aryl methyl sites for hydroxylation is 1. The molecule has 1 saturated carbocycles. The van der Waals surface area contributed by atoms with Crippen molar-refractivity contribution in [2.75, 3.05) is 5.32 Å². The number of anilines is 1. The molecule has 7 heteroatoms. The number of benzene rings is 1. The van der Waals surface area contributed by atoms with Gasteiger partial charge in [0.1, 0.15) is 0 Å². The lowest BCUT2D eigenvalue weighted by Crippen LogP contribution is -2.36. The molecule has 134 valence electrons. The Morgan fingerprint density at radius 1 is 1.24 bits per heavy atom. The Morgan fingerprint density at radius 3 is 2.52 bits per heavy atom. The van der Waals surface area contributed by atoms with Gasteiger partial charge in [0.05, 0.1) is 23.6 Å². The van der Waals surface area contributed by atoms with Crippen LogP contribution in [0.1, 0.15) is 42.6 Å². The first-order valence-electron chi connectivity index (χ1n) is 8.50. The summed E-state index contributed by atoms with van der Waals surface area (Å²) in [7, 11) is 0. The molecule has 0 amide bonds. The van der Waals surface area contributed by atoms with Crippen LogP contribution in [0.25, 0.3) is 0 Å². The second-order valence-corrected chi connectivity index (χ2v) is 7.71. The Labute approximate surface area is 163 Å². The van der Waals surface area contributed by atoms with Gasteiger partial charge in [-0.2, -0.15) is 5.10 Å². The number of hydrogen-bond acceptors (Lipinski definition) is 2. The normalized spacial score (nSPS) is 14.7. The molecule has 1 fully saturated rings. The van der Waals surface area contributed by atoms with Crippen molar-refractivity contribution in [2.45, 2.75) is 52.1 Å². The van der Waals surface area contributed by atoms with Crippen molar-refractivity contribution in [3.8, 4) is 0 Å². The van der Waals surface area contributed by atoms with E-state index in [-0.39, 0.29) is 0 Å². The summed E-state index contributed by atoms with van der Waals surface area (Å²) in [5.41, 5.74) is 3.72. The number of thiocarbonyl (C=S) groups is 1. The third kappa shape index (κ3) is 4.27. The molecule has 25 heavy (non-hydrogen) atoms. The summed E-state index contributed by atoms with van der Waals surface area (Å²) in [6, 6.07) is 6.01. The van der Waals surface area contributed by atoms with Crippen molar-refractivity contribution in [3.05, 3.63) is 45.2 Å². The molecule has 0 unspecified atom stereocenters. The monoisotopic (exact) mass is 396 g/mol. The first-order valence-corrected chi connectivity index (χ1v) is 9.66. The maximum Gasteiger partial charge on any atom is 0.171 e. The second kappa shape index (κ2) is 7.94. The Balaban J connectivity index is 1.75. The van der Waals surface area contributed by atoms with Gasteiger partial charge in [-0.25, -0.2) is 0 Å². The van der Waals surface area contributed by atoms with Gasteiger partial charge >= 0.3 is 0 Å². The van der Waals surface area contributed by atoms with Crippen molar-refractivity contribution in [2.24, 2.45) is 0 Å². The molecule has 0 bridgehead atoms. The van der Waals surface area contributed by atoms with E-state index in [2.05, 4.69) is 15.7 Å². The molecule has 3 rings (SSSR count). The highest BCUT2D eigenvalue weighted by molar-refractivity contribution is 7.80. The largest absolute Gasteiger partial charge is 0.360 e. The molecule has 1 aromatic heterocycles. The van der Waals surface area contributed by atoms with Gasteiger partial charge in [0.2, 0.25) is 0 Å². The van der Waals surface area contributed by atoms with E-state index in [9.17, 15) is 0 Å². The highest BCUT2D eigenvalue weighted by Gasteiger charge is 2.18. The van der Waals surface area contributed by atoms with Gasteiger partial charge in [0.15, 0.2) is 5.11 Å². The summed E-state index contributed by atoms with van der Waals surface area (Å²) in [6.45, 7) is 4.51. The van der Waals surface area contributed by atoms with Crippen LogP contribution in [0.3, 0.4) is 0 Å². The SMILES string of the molecule is Cc1nn(Cc2c(Cl)cccc2Cl)c(C)c1NC(=S)NC1CCCC1. The average molecular weight is 397 g/mol. The van der Waals surface area contributed by atoms with Gasteiger partial charge in [-0.3, -0.25) is 4.68 Å². The zero-order valence-corrected chi connectivity index (χ0v) is 16.7. The minimum absolute atomic E-state index is 0.484. The molecule has 2 aromatic rings. The molecule has 0 saturated heterocycles. The first-order chi connectivity index (χ1) is 12.0. The minimum Gasteiger partial charge on any atom is -0.360 e. The van der Waals surface area contributed by atoms with Gasteiger partial charge in [-0.05, 0) is 51.0 Å². The average Bonchev–Trinajstić information content (AvgIpc) is 3.15. The molecular weight excluding hydrogens is 375 g/mol. The zero-order valence-electron chi connectivity index (χ0n) is 14.4. The number of nitrogens with zero attached hydrogens (tertiary/aromatic N) is 2. The maximum atomic E-state index is 6.29. The highest BCUT2D eigenvalue weighted by atomic mass is 35.5. The van der Waals surface area contributed by atoms with Crippen LogP contribution < -0.4 is 10.6 Å².